The van der Waals surface area contributed by atoms with Crippen LogP contribution in [0.1, 0.15) is 26.7 Å². The zero-order valence-corrected chi connectivity index (χ0v) is 9.71. The number of carbonyl (C=O) groups excluding carboxylic acids is 1. The van der Waals surface area contributed by atoms with Crippen molar-refractivity contribution in [1.82, 2.24) is 5.32 Å². The Hall–Kier alpha value is -0.990. The van der Waals surface area contributed by atoms with E-state index in [9.17, 15) is 31.1 Å². The molecule has 3 nitrogen and oxygen atoms in total. The lowest BCUT2D eigenvalue weighted by Crippen LogP contribution is -2.69. The summed E-state index contributed by atoms with van der Waals surface area (Å²) in [6.45, 7) is 1.69. The van der Waals surface area contributed by atoms with Gasteiger partial charge in [0.1, 0.15) is 0 Å². The minimum absolute atomic E-state index is 0.0596. The van der Waals surface area contributed by atoms with Crippen LogP contribution < -0.4 is 5.32 Å². The minimum atomic E-state index is -5.80. The Labute approximate surface area is 99.5 Å². The predicted octanol–water partition coefficient (Wildman–Crippen LogP) is 2.76. The number of amides is 1. The average Bonchev–Trinajstić information content (AvgIpc) is 2.20. The molecule has 0 rings (SSSR count). The van der Waals surface area contributed by atoms with Crippen molar-refractivity contribution in [3.8, 4) is 0 Å². The van der Waals surface area contributed by atoms with Gasteiger partial charge in [0.25, 0.3) is 0 Å². The Kier molecular flexibility index (Phi) is 5.45. The van der Waals surface area contributed by atoms with Gasteiger partial charge in [-0.2, -0.15) is 26.3 Å². The molecular weight excluding hydrogens is 268 g/mol. The van der Waals surface area contributed by atoms with Gasteiger partial charge in [0, 0.05) is 13.0 Å². The molecule has 9 heteroatoms. The molecule has 0 aromatic rings. The normalized spacial score (nSPS) is 13.6. The third-order valence-electron chi connectivity index (χ3n) is 1.96. The van der Waals surface area contributed by atoms with Crippen LogP contribution in [0.2, 0.25) is 0 Å². The van der Waals surface area contributed by atoms with E-state index in [0.717, 1.165) is 12.2 Å². The molecule has 0 saturated carbocycles. The van der Waals surface area contributed by atoms with Crippen molar-refractivity contribution in [1.29, 1.82) is 0 Å². The molecule has 0 aromatic carbocycles. The molecule has 108 valence electrons. The smallest absolute Gasteiger partial charge is 0.341 e. The molecule has 0 aromatic heterocycles. The highest BCUT2D eigenvalue weighted by molar-refractivity contribution is 5.76. The highest BCUT2D eigenvalue weighted by atomic mass is 19.4. The van der Waals surface area contributed by atoms with E-state index in [1.807, 2.05) is 0 Å². The summed E-state index contributed by atoms with van der Waals surface area (Å²) >= 11 is 0. The van der Waals surface area contributed by atoms with Crippen LogP contribution in [0.4, 0.5) is 26.3 Å². The number of nitrogens with one attached hydrogen (secondary N) is 1. The van der Waals surface area contributed by atoms with Gasteiger partial charge in [-0.15, -0.1) is 0 Å². The molecule has 0 aliphatic heterocycles. The van der Waals surface area contributed by atoms with E-state index in [-0.39, 0.29) is 6.42 Å². The third-order valence-corrected chi connectivity index (χ3v) is 1.96. The molecule has 0 radical (unpaired) electrons. The zero-order valence-electron chi connectivity index (χ0n) is 9.71. The first-order valence-electron chi connectivity index (χ1n) is 5.10. The van der Waals surface area contributed by atoms with Crippen LogP contribution in [0.15, 0.2) is 0 Å². The first-order chi connectivity index (χ1) is 8.02. The van der Waals surface area contributed by atoms with E-state index >= 15 is 0 Å². The number of hydrogen-bond acceptors (Lipinski definition) is 2. The molecule has 0 bridgehead atoms. The molecule has 0 aliphatic rings. The van der Waals surface area contributed by atoms with Crippen LogP contribution in [0.3, 0.4) is 0 Å². The Bertz CT molecular complexity index is 272. The average molecular weight is 281 g/mol. The molecule has 0 aliphatic carbocycles. The Morgan fingerprint density at radius 1 is 1.06 bits per heavy atom. The predicted molar refractivity (Wildman–Crippen MR) is 49.5 cm³/mol. The molecule has 0 spiro atoms. The van der Waals surface area contributed by atoms with Gasteiger partial charge in [0.15, 0.2) is 0 Å². The van der Waals surface area contributed by atoms with Gasteiger partial charge in [-0.1, -0.05) is 13.8 Å². The van der Waals surface area contributed by atoms with Crippen molar-refractivity contribution in [2.75, 3.05) is 6.61 Å². The van der Waals surface area contributed by atoms with Crippen molar-refractivity contribution < 1.29 is 35.9 Å². The summed E-state index contributed by atoms with van der Waals surface area (Å²) in [5.41, 5.74) is -4.65. The van der Waals surface area contributed by atoms with Crippen LogP contribution in [0.25, 0.3) is 0 Å². The van der Waals surface area contributed by atoms with Gasteiger partial charge in [-0.25, -0.2) is 0 Å². The van der Waals surface area contributed by atoms with Crippen LogP contribution in [0, 0.1) is 0 Å². The topological polar surface area (TPSA) is 38.3 Å². The van der Waals surface area contributed by atoms with E-state index in [4.69, 9.17) is 0 Å². The molecule has 0 heterocycles. The number of carbonyl (C=O) groups is 1. The number of ether oxygens (including phenoxy) is 1. The second kappa shape index (κ2) is 5.77. The summed E-state index contributed by atoms with van der Waals surface area (Å²) < 4.78 is 79.7. The molecule has 1 N–H and O–H groups in total. The van der Waals surface area contributed by atoms with Gasteiger partial charge in [0.2, 0.25) is 5.91 Å². The second-order valence-electron chi connectivity index (χ2n) is 3.43. The van der Waals surface area contributed by atoms with Crippen LogP contribution in [0.5, 0.6) is 0 Å². The maximum Gasteiger partial charge on any atom is 0.446 e. The largest absolute Gasteiger partial charge is 0.446 e. The monoisotopic (exact) mass is 281 g/mol. The quantitative estimate of drug-likeness (QED) is 0.621. The van der Waals surface area contributed by atoms with Crippen molar-refractivity contribution in [2.24, 2.45) is 0 Å². The maximum absolute atomic E-state index is 12.6. The van der Waals surface area contributed by atoms with Gasteiger partial charge in [-0.05, 0) is 6.42 Å². The molecular formula is C9H13F6NO2. The first kappa shape index (κ1) is 17.0. The lowest BCUT2D eigenvalue weighted by atomic mass is 10.1. The first-order valence-corrected chi connectivity index (χ1v) is 5.10. The second-order valence-corrected chi connectivity index (χ2v) is 3.43. The highest BCUT2D eigenvalue weighted by Gasteiger charge is 2.73. The van der Waals surface area contributed by atoms with E-state index in [1.165, 1.54) is 6.92 Å². The standard InChI is InChI=1S/C9H13F6NO2/c1-3-5-18-7(8(10,11)12,9(13,14)15)16-6(17)4-2/h3-5H2,1-2H3,(H,16,17). The summed E-state index contributed by atoms with van der Waals surface area (Å²) in [4.78, 5) is 10.9. The van der Waals surface area contributed by atoms with Gasteiger partial charge in [0.05, 0.1) is 0 Å². The Balaban J connectivity index is 5.49. The van der Waals surface area contributed by atoms with Crippen molar-refractivity contribution in [3.63, 3.8) is 0 Å². The maximum atomic E-state index is 12.6. The lowest BCUT2D eigenvalue weighted by molar-refractivity contribution is -0.389. The van der Waals surface area contributed by atoms with Crippen LogP contribution >= 0.6 is 0 Å². The Morgan fingerprint density at radius 3 is 1.78 bits per heavy atom. The SMILES string of the molecule is CCCOC(NC(=O)CC)(C(F)(F)F)C(F)(F)F. The number of hydrogen-bond donors (Lipinski definition) is 1. The van der Waals surface area contributed by atoms with Crippen LogP contribution in [-0.4, -0.2) is 30.6 Å². The van der Waals surface area contributed by atoms with Gasteiger partial charge < -0.3 is 10.1 Å². The highest BCUT2D eigenvalue weighted by Crippen LogP contribution is 2.44. The van der Waals surface area contributed by atoms with E-state index in [0.29, 0.717) is 0 Å². The fourth-order valence-electron chi connectivity index (χ4n) is 1.04. The molecule has 0 atom stereocenters. The minimum Gasteiger partial charge on any atom is -0.341 e. The number of rotatable bonds is 5. The van der Waals surface area contributed by atoms with Gasteiger partial charge >= 0.3 is 18.1 Å². The fraction of sp³-hybridized carbons (Fsp3) is 0.889. The van der Waals surface area contributed by atoms with Crippen molar-refractivity contribution in [3.05, 3.63) is 0 Å². The summed E-state index contributed by atoms with van der Waals surface area (Å²) in [5, 5.41) is 0.884. The summed E-state index contributed by atoms with van der Waals surface area (Å²) in [7, 11) is 0. The number of halogens is 6. The Morgan fingerprint density at radius 2 is 1.50 bits per heavy atom. The molecule has 0 fully saturated rings. The van der Waals surface area contributed by atoms with Gasteiger partial charge in [-0.3, -0.25) is 4.79 Å². The van der Waals surface area contributed by atoms with E-state index < -0.39 is 37.0 Å². The number of alkyl halides is 6. The summed E-state index contributed by atoms with van der Waals surface area (Å²) in [6, 6.07) is 0. The van der Waals surface area contributed by atoms with E-state index in [1.54, 1.807) is 0 Å². The zero-order chi connectivity index (χ0) is 14.6. The third kappa shape index (κ3) is 3.50. The van der Waals surface area contributed by atoms with Crippen LogP contribution in [-0.2, 0) is 9.53 Å². The van der Waals surface area contributed by atoms with Crippen molar-refractivity contribution in [2.45, 2.75) is 44.8 Å². The fourth-order valence-corrected chi connectivity index (χ4v) is 1.04. The summed E-state index contributed by atoms with van der Waals surface area (Å²) in [5.74, 6) is -1.40. The summed E-state index contributed by atoms with van der Waals surface area (Å²) in [6.07, 6.45) is -12.2. The lowest BCUT2D eigenvalue weighted by Gasteiger charge is -2.37. The molecule has 0 unspecified atom stereocenters. The van der Waals surface area contributed by atoms with Crippen molar-refractivity contribution >= 4 is 5.91 Å². The molecule has 1 amide bonds. The molecule has 18 heavy (non-hydrogen) atoms. The molecule has 0 saturated heterocycles. The van der Waals surface area contributed by atoms with E-state index in [2.05, 4.69) is 4.74 Å².